The largest absolute Gasteiger partial charge is 0.497 e. The van der Waals surface area contributed by atoms with Crippen LogP contribution in [0.3, 0.4) is 0 Å². The number of rotatable bonds is 6. The van der Waals surface area contributed by atoms with Gasteiger partial charge in [-0.3, -0.25) is 4.79 Å². The van der Waals surface area contributed by atoms with Crippen LogP contribution in [0.2, 0.25) is 0 Å². The van der Waals surface area contributed by atoms with Gasteiger partial charge in [0.25, 0.3) is 5.91 Å². The fraction of sp³-hybridized carbons (Fsp3) is 0.333. The Balaban J connectivity index is 2.02. The van der Waals surface area contributed by atoms with Crippen molar-refractivity contribution in [3.05, 3.63) is 47.3 Å². The van der Waals surface area contributed by atoms with E-state index in [1.807, 2.05) is 24.3 Å². The molecule has 0 spiro atoms. The normalized spacial score (nSPS) is 12.0. The number of nitrogens with zero attached hydrogens (tertiary/aromatic N) is 1. The first-order valence-corrected chi connectivity index (χ1v) is 6.52. The Labute approximate surface area is 123 Å². The SMILES string of the molecule is COc1cccc(C(CNC(=O)c2cnoc2C)OC)c1. The van der Waals surface area contributed by atoms with Crippen molar-refractivity contribution in [2.45, 2.75) is 13.0 Å². The van der Waals surface area contributed by atoms with Crippen molar-refractivity contribution in [3.8, 4) is 5.75 Å². The molecule has 1 amide bonds. The third-order valence-corrected chi connectivity index (χ3v) is 3.19. The lowest BCUT2D eigenvalue weighted by Crippen LogP contribution is -2.29. The van der Waals surface area contributed by atoms with Gasteiger partial charge in [-0.05, 0) is 24.6 Å². The van der Waals surface area contributed by atoms with Crippen LogP contribution >= 0.6 is 0 Å². The van der Waals surface area contributed by atoms with Gasteiger partial charge in [0.15, 0.2) is 0 Å². The molecule has 112 valence electrons. The number of benzene rings is 1. The first kappa shape index (κ1) is 15.1. The summed E-state index contributed by atoms with van der Waals surface area (Å²) < 4.78 is 15.5. The van der Waals surface area contributed by atoms with Gasteiger partial charge >= 0.3 is 0 Å². The molecule has 6 heteroatoms. The highest BCUT2D eigenvalue weighted by molar-refractivity contribution is 5.94. The van der Waals surface area contributed by atoms with Crippen LogP contribution in [0.15, 0.2) is 35.0 Å². The summed E-state index contributed by atoms with van der Waals surface area (Å²) >= 11 is 0. The summed E-state index contributed by atoms with van der Waals surface area (Å²) in [7, 11) is 3.21. The predicted octanol–water partition coefficient (Wildman–Crippen LogP) is 2.11. The fourth-order valence-electron chi connectivity index (χ4n) is 1.98. The van der Waals surface area contributed by atoms with Gasteiger partial charge in [0.05, 0.1) is 19.4 Å². The van der Waals surface area contributed by atoms with E-state index in [-0.39, 0.29) is 12.0 Å². The lowest BCUT2D eigenvalue weighted by atomic mass is 10.1. The van der Waals surface area contributed by atoms with E-state index in [1.165, 1.54) is 6.20 Å². The van der Waals surface area contributed by atoms with E-state index in [4.69, 9.17) is 14.0 Å². The maximum atomic E-state index is 12.0. The fourth-order valence-corrected chi connectivity index (χ4v) is 1.98. The Hall–Kier alpha value is -2.34. The number of aromatic nitrogens is 1. The molecule has 0 aliphatic heterocycles. The van der Waals surface area contributed by atoms with Gasteiger partial charge in [0, 0.05) is 13.7 Å². The molecular weight excluding hydrogens is 272 g/mol. The molecule has 1 aromatic heterocycles. The van der Waals surface area contributed by atoms with Gasteiger partial charge in [0.1, 0.15) is 17.1 Å². The Bertz CT molecular complexity index is 609. The van der Waals surface area contributed by atoms with E-state index in [0.29, 0.717) is 17.9 Å². The third-order valence-electron chi connectivity index (χ3n) is 3.19. The molecule has 1 aromatic carbocycles. The quantitative estimate of drug-likeness (QED) is 0.882. The third kappa shape index (κ3) is 3.61. The van der Waals surface area contributed by atoms with Gasteiger partial charge in [-0.15, -0.1) is 0 Å². The standard InChI is InChI=1S/C15H18N2O4/c1-10-13(8-17-21-10)15(18)16-9-14(20-3)11-5-4-6-12(7-11)19-2/h4-8,14H,9H2,1-3H3,(H,16,18). The van der Waals surface area contributed by atoms with E-state index >= 15 is 0 Å². The summed E-state index contributed by atoms with van der Waals surface area (Å²) in [6.45, 7) is 2.03. The number of methoxy groups -OCH3 is 2. The molecule has 0 fully saturated rings. The van der Waals surface area contributed by atoms with Crippen LogP contribution in [0.25, 0.3) is 0 Å². The van der Waals surface area contributed by atoms with Gasteiger partial charge < -0.3 is 19.3 Å². The summed E-state index contributed by atoms with van der Waals surface area (Å²) in [4.78, 5) is 12.0. The van der Waals surface area contributed by atoms with Gasteiger partial charge in [-0.25, -0.2) is 0 Å². The maximum absolute atomic E-state index is 12.0. The van der Waals surface area contributed by atoms with Crippen LogP contribution in [-0.4, -0.2) is 31.8 Å². The van der Waals surface area contributed by atoms with Crippen molar-refractivity contribution in [3.63, 3.8) is 0 Å². The number of carbonyl (C=O) groups excluding carboxylic acids is 1. The minimum Gasteiger partial charge on any atom is -0.497 e. The second-order valence-electron chi connectivity index (χ2n) is 4.51. The summed E-state index contributed by atoms with van der Waals surface area (Å²) in [6.07, 6.45) is 1.14. The van der Waals surface area contributed by atoms with Crippen LogP contribution in [-0.2, 0) is 4.74 Å². The Kier molecular flexibility index (Phi) is 4.94. The Morgan fingerprint density at radius 1 is 1.43 bits per heavy atom. The number of nitrogens with one attached hydrogen (secondary N) is 1. The molecule has 2 aromatic rings. The van der Waals surface area contributed by atoms with E-state index in [1.54, 1.807) is 21.1 Å². The van der Waals surface area contributed by atoms with E-state index < -0.39 is 0 Å². The molecule has 0 saturated carbocycles. The topological polar surface area (TPSA) is 73.6 Å². The maximum Gasteiger partial charge on any atom is 0.256 e. The van der Waals surface area contributed by atoms with Crippen molar-refractivity contribution < 1.29 is 18.8 Å². The van der Waals surface area contributed by atoms with E-state index in [2.05, 4.69) is 10.5 Å². The van der Waals surface area contributed by atoms with Crippen LogP contribution in [0.4, 0.5) is 0 Å². The molecule has 0 saturated heterocycles. The number of hydrogen-bond donors (Lipinski definition) is 1. The zero-order chi connectivity index (χ0) is 15.2. The molecule has 1 heterocycles. The van der Waals surface area contributed by atoms with E-state index in [9.17, 15) is 4.79 Å². The second kappa shape index (κ2) is 6.90. The molecular formula is C15H18N2O4. The molecule has 1 N–H and O–H groups in total. The average molecular weight is 290 g/mol. The Morgan fingerprint density at radius 3 is 2.86 bits per heavy atom. The summed E-state index contributed by atoms with van der Waals surface area (Å²) in [5.74, 6) is 0.997. The number of hydrogen-bond acceptors (Lipinski definition) is 5. The van der Waals surface area contributed by atoms with Crippen molar-refractivity contribution in [2.24, 2.45) is 0 Å². The molecule has 2 rings (SSSR count). The molecule has 0 aliphatic rings. The predicted molar refractivity (Wildman–Crippen MR) is 76.3 cm³/mol. The minimum atomic E-state index is -0.260. The van der Waals surface area contributed by atoms with Crippen molar-refractivity contribution in [2.75, 3.05) is 20.8 Å². The zero-order valence-electron chi connectivity index (χ0n) is 12.3. The first-order chi connectivity index (χ1) is 10.2. The zero-order valence-corrected chi connectivity index (χ0v) is 12.3. The second-order valence-corrected chi connectivity index (χ2v) is 4.51. The van der Waals surface area contributed by atoms with Gasteiger partial charge in [0.2, 0.25) is 0 Å². The number of aryl methyl sites for hydroxylation is 1. The highest BCUT2D eigenvalue weighted by Crippen LogP contribution is 2.21. The summed E-state index contributed by atoms with van der Waals surface area (Å²) in [5, 5.41) is 6.40. The average Bonchev–Trinajstić information content (AvgIpc) is 2.94. The monoisotopic (exact) mass is 290 g/mol. The molecule has 0 radical (unpaired) electrons. The lowest BCUT2D eigenvalue weighted by Gasteiger charge is -2.17. The summed E-state index contributed by atoms with van der Waals surface area (Å²) in [6, 6.07) is 7.54. The number of amides is 1. The number of ether oxygens (including phenoxy) is 2. The van der Waals surface area contributed by atoms with Crippen LogP contribution < -0.4 is 10.1 Å². The van der Waals surface area contributed by atoms with Crippen LogP contribution in [0.5, 0.6) is 5.75 Å². The van der Waals surface area contributed by atoms with Crippen molar-refractivity contribution in [1.29, 1.82) is 0 Å². The van der Waals surface area contributed by atoms with Gasteiger partial charge in [-0.1, -0.05) is 17.3 Å². The molecule has 1 atom stereocenters. The molecule has 21 heavy (non-hydrogen) atoms. The smallest absolute Gasteiger partial charge is 0.256 e. The Morgan fingerprint density at radius 2 is 2.24 bits per heavy atom. The molecule has 0 bridgehead atoms. The van der Waals surface area contributed by atoms with Crippen LogP contribution in [0, 0.1) is 6.92 Å². The molecule has 6 nitrogen and oxygen atoms in total. The van der Waals surface area contributed by atoms with Crippen molar-refractivity contribution >= 4 is 5.91 Å². The highest BCUT2D eigenvalue weighted by atomic mass is 16.5. The summed E-state index contributed by atoms with van der Waals surface area (Å²) in [5.41, 5.74) is 1.36. The lowest BCUT2D eigenvalue weighted by molar-refractivity contribution is 0.0826. The van der Waals surface area contributed by atoms with E-state index in [0.717, 1.165) is 11.3 Å². The molecule has 1 unspecified atom stereocenters. The highest BCUT2D eigenvalue weighted by Gasteiger charge is 2.16. The van der Waals surface area contributed by atoms with Gasteiger partial charge in [-0.2, -0.15) is 0 Å². The van der Waals surface area contributed by atoms with Crippen molar-refractivity contribution in [1.82, 2.24) is 10.5 Å². The first-order valence-electron chi connectivity index (χ1n) is 6.52. The number of carbonyl (C=O) groups is 1. The minimum absolute atomic E-state index is 0.237. The van der Waals surface area contributed by atoms with Crippen LogP contribution in [0.1, 0.15) is 27.8 Å². The molecule has 0 aliphatic carbocycles.